The molecular weight excluding hydrogens is 392 g/mol. The number of nitro benzene ring substituents is 1. The number of hydrogen-bond acceptors (Lipinski definition) is 6. The molecule has 150 valence electrons. The molecule has 0 saturated heterocycles. The average molecular weight is 408 g/mol. The van der Waals surface area contributed by atoms with Crippen LogP contribution in [0.15, 0.2) is 84.9 Å². The van der Waals surface area contributed by atoms with Gasteiger partial charge in [0.15, 0.2) is 0 Å². The summed E-state index contributed by atoms with van der Waals surface area (Å²) in [6.45, 7) is 0. The van der Waals surface area contributed by atoms with Crippen molar-refractivity contribution in [2.45, 2.75) is 0 Å². The fraction of sp³-hybridized carbons (Fsp3) is 0. The predicted octanol–water partition coefficient (Wildman–Crippen LogP) is 5.57. The molecule has 1 aromatic heterocycles. The lowest BCUT2D eigenvalue weighted by Crippen LogP contribution is -2.01. The minimum atomic E-state index is -0.484. The first-order valence-corrected chi connectivity index (χ1v) is 9.34. The van der Waals surface area contributed by atoms with Crippen molar-refractivity contribution in [3.8, 4) is 40.0 Å². The normalized spacial score (nSPS) is 10.3. The monoisotopic (exact) mass is 408 g/mol. The van der Waals surface area contributed by atoms with Crippen LogP contribution in [0.5, 0.6) is 11.5 Å². The molecule has 0 unspecified atom stereocenters. The van der Waals surface area contributed by atoms with Gasteiger partial charge < -0.3 is 10.5 Å². The van der Waals surface area contributed by atoms with E-state index in [1.807, 2.05) is 48.5 Å². The Morgan fingerprint density at radius 1 is 0.903 bits per heavy atom. The summed E-state index contributed by atoms with van der Waals surface area (Å²) in [7, 11) is 0. The number of hydrogen-bond donors (Lipinski definition) is 1. The van der Waals surface area contributed by atoms with Gasteiger partial charge in [0.05, 0.1) is 16.2 Å². The number of rotatable bonds is 5. The molecule has 0 aliphatic rings. The van der Waals surface area contributed by atoms with Crippen molar-refractivity contribution >= 4 is 11.5 Å². The standard InChI is InChI=1S/C24H16N4O3/c25-15-21-20(19-8-4-5-9-23(19)28(29)30)14-22(27-24(21)26)16-10-12-18(13-11-16)31-17-6-2-1-3-7-17/h1-14H,(H2,26,27). The van der Waals surface area contributed by atoms with Crippen molar-refractivity contribution in [2.24, 2.45) is 0 Å². The number of nitrogens with zero attached hydrogens (tertiary/aromatic N) is 3. The highest BCUT2D eigenvalue weighted by molar-refractivity contribution is 5.84. The summed E-state index contributed by atoms with van der Waals surface area (Å²) in [6.07, 6.45) is 0. The quantitative estimate of drug-likeness (QED) is 0.341. The molecule has 2 N–H and O–H groups in total. The SMILES string of the molecule is N#Cc1c(-c2ccccc2[N+](=O)[O-])cc(-c2ccc(Oc3ccccc3)cc2)nc1N. The summed E-state index contributed by atoms with van der Waals surface area (Å²) in [5, 5.41) is 21.1. The highest BCUT2D eigenvalue weighted by Crippen LogP contribution is 2.36. The van der Waals surface area contributed by atoms with E-state index >= 15 is 0 Å². The summed E-state index contributed by atoms with van der Waals surface area (Å²) in [6, 6.07) is 26.5. The lowest BCUT2D eigenvalue weighted by atomic mass is 9.97. The minimum Gasteiger partial charge on any atom is -0.457 e. The summed E-state index contributed by atoms with van der Waals surface area (Å²) >= 11 is 0. The van der Waals surface area contributed by atoms with E-state index in [0.29, 0.717) is 22.6 Å². The van der Waals surface area contributed by atoms with Gasteiger partial charge >= 0.3 is 0 Å². The van der Waals surface area contributed by atoms with Gasteiger partial charge in [0, 0.05) is 17.2 Å². The Balaban J connectivity index is 1.75. The van der Waals surface area contributed by atoms with E-state index in [0.717, 1.165) is 11.3 Å². The van der Waals surface area contributed by atoms with Crippen molar-refractivity contribution < 1.29 is 9.66 Å². The van der Waals surface area contributed by atoms with Gasteiger partial charge in [0.25, 0.3) is 5.69 Å². The van der Waals surface area contributed by atoms with Crippen LogP contribution in [0.1, 0.15) is 5.56 Å². The number of ether oxygens (including phenoxy) is 1. The minimum absolute atomic E-state index is 0.0118. The van der Waals surface area contributed by atoms with Crippen LogP contribution in [0, 0.1) is 21.4 Å². The van der Waals surface area contributed by atoms with Crippen molar-refractivity contribution in [1.29, 1.82) is 5.26 Å². The van der Waals surface area contributed by atoms with Gasteiger partial charge in [-0.1, -0.05) is 30.3 Å². The molecule has 0 spiro atoms. The van der Waals surface area contributed by atoms with Crippen LogP contribution in [0.4, 0.5) is 11.5 Å². The Morgan fingerprint density at radius 3 is 2.23 bits per heavy atom. The summed E-state index contributed by atoms with van der Waals surface area (Å²) in [4.78, 5) is 15.3. The number of nitrogen functional groups attached to an aromatic ring is 1. The van der Waals surface area contributed by atoms with Gasteiger partial charge in [-0.3, -0.25) is 10.1 Å². The molecule has 0 bridgehead atoms. The Kier molecular flexibility index (Phi) is 5.28. The number of aromatic nitrogens is 1. The van der Waals surface area contributed by atoms with Gasteiger partial charge in [-0.2, -0.15) is 5.26 Å². The Labute approximate surface area is 178 Å². The Bertz CT molecular complexity index is 1300. The lowest BCUT2D eigenvalue weighted by Gasteiger charge is -2.11. The van der Waals surface area contributed by atoms with E-state index in [9.17, 15) is 15.4 Å². The second-order valence-corrected chi connectivity index (χ2v) is 6.64. The average Bonchev–Trinajstić information content (AvgIpc) is 2.79. The van der Waals surface area contributed by atoms with Gasteiger partial charge in [0.2, 0.25) is 0 Å². The molecule has 4 rings (SSSR count). The number of benzene rings is 3. The Hall–Kier alpha value is -4.70. The molecule has 0 fully saturated rings. The highest BCUT2D eigenvalue weighted by Gasteiger charge is 2.20. The predicted molar refractivity (Wildman–Crippen MR) is 117 cm³/mol. The Morgan fingerprint density at radius 2 is 1.55 bits per heavy atom. The van der Waals surface area contributed by atoms with Gasteiger partial charge in [-0.15, -0.1) is 0 Å². The van der Waals surface area contributed by atoms with E-state index in [1.165, 1.54) is 6.07 Å². The zero-order chi connectivity index (χ0) is 21.8. The maximum absolute atomic E-state index is 11.5. The number of nitro groups is 1. The van der Waals surface area contributed by atoms with E-state index in [4.69, 9.17) is 10.5 Å². The van der Waals surface area contributed by atoms with Gasteiger partial charge in [0.1, 0.15) is 28.9 Å². The van der Waals surface area contributed by atoms with E-state index in [1.54, 1.807) is 36.4 Å². The lowest BCUT2D eigenvalue weighted by molar-refractivity contribution is -0.384. The zero-order valence-electron chi connectivity index (χ0n) is 16.2. The first-order valence-electron chi connectivity index (χ1n) is 9.34. The van der Waals surface area contributed by atoms with Crippen LogP contribution in [0.25, 0.3) is 22.4 Å². The van der Waals surface area contributed by atoms with Crippen molar-refractivity contribution in [1.82, 2.24) is 4.98 Å². The molecule has 4 aromatic rings. The van der Waals surface area contributed by atoms with Crippen molar-refractivity contribution in [2.75, 3.05) is 5.73 Å². The fourth-order valence-electron chi connectivity index (χ4n) is 3.22. The number of nitrogens with two attached hydrogens (primary N) is 1. The van der Waals surface area contributed by atoms with Crippen LogP contribution < -0.4 is 10.5 Å². The smallest absolute Gasteiger partial charge is 0.277 e. The van der Waals surface area contributed by atoms with E-state index in [-0.39, 0.29) is 17.1 Å². The summed E-state index contributed by atoms with van der Waals surface area (Å²) in [5.41, 5.74) is 7.93. The van der Waals surface area contributed by atoms with E-state index in [2.05, 4.69) is 4.98 Å². The highest BCUT2D eigenvalue weighted by atomic mass is 16.6. The first-order chi connectivity index (χ1) is 15.1. The number of anilines is 1. The zero-order valence-corrected chi connectivity index (χ0v) is 16.2. The second kappa shape index (κ2) is 8.35. The topological polar surface area (TPSA) is 115 Å². The molecular formula is C24H16N4O3. The van der Waals surface area contributed by atoms with Crippen LogP contribution in [0.3, 0.4) is 0 Å². The molecule has 0 amide bonds. The molecule has 7 heteroatoms. The fourth-order valence-corrected chi connectivity index (χ4v) is 3.22. The summed E-state index contributed by atoms with van der Waals surface area (Å²) in [5.74, 6) is 1.38. The molecule has 7 nitrogen and oxygen atoms in total. The van der Waals surface area contributed by atoms with Crippen LogP contribution >= 0.6 is 0 Å². The number of nitriles is 1. The van der Waals surface area contributed by atoms with Crippen LogP contribution in [-0.2, 0) is 0 Å². The maximum Gasteiger partial charge on any atom is 0.277 e. The third kappa shape index (κ3) is 4.04. The molecule has 0 atom stereocenters. The summed E-state index contributed by atoms with van der Waals surface area (Å²) < 4.78 is 5.80. The van der Waals surface area contributed by atoms with Gasteiger partial charge in [-0.05, 0) is 48.5 Å². The second-order valence-electron chi connectivity index (χ2n) is 6.64. The van der Waals surface area contributed by atoms with E-state index < -0.39 is 4.92 Å². The molecule has 0 aliphatic heterocycles. The molecule has 31 heavy (non-hydrogen) atoms. The molecule has 0 aliphatic carbocycles. The van der Waals surface area contributed by atoms with Crippen LogP contribution in [0.2, 0.25) is 0 Å². The molecule has 1 heterocycles. The van der Waals surface area contributed by atoms with Crippen molar-refractivity contribution in [3.05, 3.63) is 101 Å². The molecule has 3 aromatic carbocycles. The maximum atomic E-state index is 11.5. The van der Waals surface area contributed by atoms with Gasteiger partial charge in [-0.25, -0.2) is 4.98 Å². The molecule has 0 saturated carbocycles. The number of para-hydroxylation sites is 2. The number of pyridine rings is 1. The molecule has 0 radical (unpaired) electrons. The third-order valence-corrected chi connectivity index (χ3v) is 4.68. The first kappa shape index (κ1) is 19.6. The third-order valence-electron chi connectivity index (χ3n) is 4.68. The van der Waals surface area contributed by atoms with Crippen molar-refractivity contribution in [3.63, 3.8) is 0 Å². The largest absolute Gasteiger partial charge is 0.457 e. The van der Waals surface area contributed by atoms with Crippen LogP contribution in [-0.4, -0.2) is 9.91 Å².